The van der Waals surface area contributed by atoms with E-state index in [1.807, 2.05) is 43.3 Å². The minimum absolute atomic E-state index is 0.816. The number of aryl methyl sites for hydroxylation is 2. The van der Waals surface area contributed by atoms with Crippen molar-refractivity contribution >= 4 is 49.2 Å². The van der Waals surface area contributed by atoms with Crippen LogP contribution in [0.5, 0.6) is 0 Å². The summed E-state index contributed by atoms with van der Waals surface area (Å²) >= 11 is 3.42. The van der Waals surface area contributed by atoms with Crippen LogP contribution in [0.15, 0.2) is 63.2 Å². The summed E-state index contributed by atoms with van der Waals surface area (Å²) in [5.41, 5.74) is 5.59. The lowest BCUT2D eigenvalue weighted by atomic mass is 10.1. The summed E-state index contributed by atoms with van der Waals surface area (Å²) in [6.07, 6.45) is 0. The molecular weight excluding hydrogens is 364 g/mol. The number of aromatic amines is 1. The molecule has 0 bridgehead atoms. The fourth-order valence-electron chi connectivity index (χ4n) is 2.96. The zero-order valence-electron chi connectivity index (χ0n) is 13.3. The number of pyridine rings is 1. The molecule has 5 heteroatoms. The maximum atomic E-state index is 4.68. The fraction of sp³-hybridized carbons (Fsp3) is 0.105. The van der Waals surface area contributed by atoms with Crippen molar-refractivity contribution in [3.05, 3.63) is 64.3 Å². The Kier molecular flexibility index (Phi) is 3.65. The molecule has 0 aliphatic rings. The quantitative estimate of drug-likeness (QED) is 0.397. The van der Waals surface area contributed by atoms with Crippen LogP contribution in [-0.2, 0) is 0 Å². The van der Waals surface area contributed by atoms with Gasteiger partial charge >= 0.3 is 0 Å². The van der Waals surface area contributed by atoms with Gasteiger partial charge in [0.1, 0.15) is 11.3 Å². The molecule has 2 aromatic heterocycles. The van der Waals surface area contributed by atoms with Crippen molar-refractivity contribution in [1.82, 2.24) is 9.97 Å². The van der Waals surface area contributed by atoms with Crippen molar-refractivity contribution in [3.63, 3.8) is 0 Å². The maximum absolute atomic E-state index is 4.68. The van der Waals surface area contributed by atoms with E-state index in [9.17, 15) is 0 Å². The molecule has 0 aliphatic heterocycles. The molecule has 118 valence electrons. The first-order chi connectivity index (χ1) is 11.6. The van der Waals surface area contributed by atoms with Gasteiger partial charge in [0.2, 0.25) is 0 Å². The number of rotatable bonds is 2. The van der Waals surface area contributed by atoms with Crippen molar-refractivity contribution in [2.75, 3.05) is 0 Å². The van der Waals surface area contributed by atoms with Crippen LogP contribution in [0, 0.1) is 13.8 Å². The Hall–Kier alpha value is -2.53. The molecule has 0 fully saturated rings. The highest BCUT2D eigenvalue weighted by molar-refractivity contribution is 9.10. The molecule has 2 aromatic carbocycles. The molecule has 4 nitrogen and oxygen atoms in total. The van der Waals surface area contributed by atoms with Gasteiger partial charge in [0.15, 0.2) is 0 Å². The van der Waals surface area contributed by atoms with Crippen LogP contribution < -0.4 is 0 Å². The third-order valence-corrected chi connectivity index (χ3v) is 4.66. The molecule has 0 amide bonds. The molecule has 0 aliphatic carbocycles. The van der Waals surface area contributed by atoms with Gasteiger partial charge < -0.3 is 4.98 Å². The number of para-hydroxylation sites is 1. The van der Waals surface area contributed by atoms with E-state index in [1.165, 1.54) is 0 Å². The van der Waals surface area contributed by atoms with Crippen LogP contribution in [0.1, 0.15) is 11.3 Å². The first-order valence-electron chi connectivity index (χ1n) is 7.68. The summed E-state index contributed by atoms with van der Waals surface area (Å²) in [7, 11) is 0. The standard InChI is InChI=1S/C19H15BrN4/c1-11-17-15-5-3-4-6-16(15)22-19(17)21-12(2)18(11)24-23-14-9-7-13(20)8-10-14/h3-10H,1-2H3,(H,21,22). The van der Waals surface area contributed by atoms with E-state index in [2.05, 4.69) is 55.2 Å². The molecule has 4 aromatic rings. The monoisotopic (exact) mass is 378 g/mol. The van der Waals surface area contributed by atoms with Crippen LogP contribution in [0.2, 0.25) is 0 Å². The number of nitrogens with zero attached hydrogens (tertiary/aromatic N) is 3. The smallest absolute Gasteiger partial charge is 0.139 e. The van der Waals surface area contributed by atoms with E-state index < -0.39 is 0 Å². The number of aromatic nitrogens is 2. The second-order valence-corrected chi connectivity index (χ2v) is 6.66. The average Bonchev–Trinajstić information content (AvgIpc) is 2.94. The number of azo groups is 1. The van der Waals surface area contributed by atoms with Crippen LogP contribution in [0.4, 0.5) is 11.4 Å². The van der Waals surface area contributed by atoms with Crippen molar-refractivity contribution < 1.29 is 0 Å². The number of H-pyrrole nitrogens is 1. The summed E-state index contributed by atoms with van der Waals surface area (Å²) in [5, 5.41) is 11.1. The van der Waals surface area contributed by atoms with E-state index in [1.54, 1.807) is 0 Å². The number of nitrogens with one attached hydrogen (secondary N) is 1. The second-order valence-electron chi connectivity index (χ2n) is 5.74. The topological polar surface area (TPSA) is 53.4 Å². The number of hydrogen-bond donors (Lipinski definition) is 1. The third kappa shape index (κ3) is 2.51. The lowest BCUT2D eigenvalue weighted by molar-refractivity contribution is 1.14. The fourth-order valence-corrected chi connectivity index (χ4v) is 3.23. The summed E-state index contributed by atoms with van der Waals surface area (Å²) in [4.78, 5) is 8.06. The molecular formula is C19H15BrN4. The van der Waals surface area contributed by atoms with Gasteiger partial charge in [-0.25, -0.2) is 4.98 Å². The van der Waals surface area contributed by atoms with Gasteiger partial charge in [0.05, 0.1) is 11.4 Å². The molecule has 0 unspecified atom stereocenters. The van der Waals surface area contributed by atoms with Crippen LogP contribution in [-0.4, -0.2) is 9.97 Å². The predicted molar refractivity (Wildman–Crippen MR) is 101 cm³/mol. The lowest BCUT2D eigenvalue weighted by Crippen LogP contribution is -1.88. The van der Waals surface area contributed by atoms with Crippen LogP contribution >= 0.6 is 15.9 Å². The molecule has 0 radical (unpaired) electrons. The number of hydrogen-bond acceptors (Lipinski definition) is 3. The van der Waals surface area contributed by atoms with Crippen LogP contribution in [0.3, 0.4) is 0 Å². The van der Waals surface area contributed by atoms with Crippen molar-refractivity contribution in [1.29, 1.82) is 0 Å². The molecule has 0 saturated carbocycles. The van der Waals surface area contributed by atoms with Crippen molar-refractivity contribution in [3.8, 4) is 0 Å². The van der Waals surface area contributed by atoms with Crippen molar-refractivity contribution in [2.45, 2.75) is 13.8 Å². The minimum atomic E-state index is 0.816. The molecule has 1 N–H and O–H groups in total. The predicted octanol–water partition coefficient (Wildman–Crippen LogP) is 6.51. The Morgan fingerprint density at radius 3 is 2.50 bits per heavy atom. The Bertz CT molecular complexity index is 1080. The van der Waals surface area contributed by atoms with Crippen molar-refractivity contribution in [2.24, 2.45) is 10.2 Å². The highest BCUT2D eigenvalue weighted by Crippen LogP contribution is 2.34. The van der Waals surface area contributed by atoms with E-state index >= 15 is 0 Å². The van der Waals surface area contributed by atoms with Gasteiger partial charge in [0.25, 0.3) is 0 Å². The summed E-state index contributed by atoms with van der Waals surface area (Å²) < 4.78 is 1.02. The van der Waals surface area contributed by atoms with Gasteiger partial charge in [0, 0.05) is 20.8 Å². The Labute approximate surface area is 147 Å². The number of benzene rings is 2. The average molecular weight is 379 g/mol. The first kappa shape index (κ1) is 15.0. The lowest BCUT2D eigenvalue weighted by Gasteiger charge is -2.05. The Balaban J connectivity index is 1.88. The SMILES string of the molecule is Cc1nc2[nH]c3ccccc3c2c(C)c1N=Nc1ccc(Br)cc1. The molecule has 24 heavy (non-hydrogen) atoms. The Morgan fingerprint density at radius 2 is 1.71 bits per heavy atom. The van der Waals surface area contributed by atoms with Gasteiger partial charge in [-0.2, -0.15) is 5.11 Å². The normalized spacial score (nSPS) is 11.8. The van der Waals surface area contributed by atoms with E-state index in [-0.39, 0.29) is 0 Å². The van der Waals surface area contributed by atoms with E-state index in [0.717, 1.165) is 49.0 Å². The molecule has 2 heterocycles. The minimum Gasteiger partial charge on any atom is -0.339 e. The highest BCUT2D eigenvalue weighted by Gasteiger charge is 2.13. The molecule has 0 spiro atoms. The summed E-state index contributed by atoms with van der Waals surface area (Å²) in [6.45, 7) is 4.04. The number of halogens is 1. The first-order valence-corrected chi connectivity index (χ1v) is 8.48. The second kappa shape index (κ2) is 5.83. The highest BCUT2D eigenvalue weighted by atomic mass is 79.9. The number of fused-ring (bicyclic) bond motifs is 3. The van der Waals surface area contributed by atoms with Gasteiger partial charge in [-0.3, -0.25) is 0 Å². The molecule has 0 saturated heterocycles. The summed E-state index contributed by atoms with van der Waals surface area (Å²) in [6, 6.07) is 16.0. The molecule has 4 rings (SSSR count). The largest absolute Gasteiger partial charge is 0.339 e. The molecule has 0 atom stereocenters. The van der Waals surface area contributed by atoms with Crippen LogP contribution in [0.25, 0.3) is 21.9 Å². The summed E-state index contributed by atoms with van der Waals surface area (Å²) in [5.74, 6) is 0. The zero-order chi connectivity index (χ0) is 16.7. The van der Waals surface area contributed by atoms with Gasteiger partial charge in [-0.05, 0) is 49.7 Å². The van der Waals surface area contributed by atoms with Gasteiger partial charge in [-0.15, -0.1) is 5.11 Å². The zero-order valence-corrected chi connectivity index (χ0v) is 14.9. The third-order valence-electron chi connectivity index (χ3n) is 4.13. The van der Waals surface area contributed by atoms with Gasteiger partial charge in [-0.1, -0.05) is 34.1 Å². The Morgan fingerprint density at radius 1 is 0.958 bits per heavy atom. The van der Waals surface area contributed by atoms with E-state index in [0.29, 0.717) is 0 Å². The maximum Gasteiger partial charge on any atom is 0.139 e. The van der Waals surface area contributed by atoms with E-state index in [4.69, 9.17) is 0 Å².